The van der Waals surface area contributed by atoms with Gasteiger partial charge in [0.2, 0.25) is 5.76 Å². The van der Waals surface area contributed by atoms with Crippen LogP contribution in [-0.2, 0) is 9.53 Å². The van der Waals surface area contributed by atoms with Gasteiger partial charge in [0.05, 0.1) is 0 Å². The number of nitrogens with two attached hydrogens (primary N) is 1. The number of esters is 1. The number of ether oxygens (including phenoxy) is 1. The van der Waals surface area contributed by atoms with Crippen molar-refractivity contribution in [2.24, 2.45) is 5.73 Å². The number of furan rings is 1. The Morgan fingerprint density at radius 2 is 2.05 bits per heavy atom. The first kappa shape index (κ1) is 13.9. The average molecular weight is 297 g/mol. The molecule has 0 fully saturated rings. The summed E-state index contributed by atoms with van der Waals surface area (Å²) in [6, 6.07) is 5.26. The van der Waals surface area contributed by atoms with Crippen molar-refractivity contribution in [3.8, 4) is 0 Å². The maximum absolute atomic E-state index is 11.6. The summed E-state index contributed by atoms with van der Waals surface area (Å²) in [5.74, 6) is -1.74. The first-order valence-electron chi connectivity index (χ1n) is 5.41. The van der Waals surface area contributed by atoms with Crippen LogP contribution < -0.4 is 11.1 Å². The number of urea groups is 1. The molecule has 1 aromatic carbocycles. The lowest BCUT2D eigenvalue weighted by molar-refractivity contribution is -0.123. The van der Waals surface area contributed by atoms with Crippen LogP contribution in [-0.4, -0.2) is 24.5 Å². The fourth-order valence-corrected chi connectivity index (χ4v) is 1.67. The van der Waals surface area contributed by atoms with E-state index in [2.05, 4.69) is 4.74 Å². The summed E-state index contributed by atoms with van der Waals surface area (Å²) in [7, 11) is 0. The molecule has 0 radical (unpaired) electrons. The topological polar surface area (TPSA) is 112 Å². The summed E-state index contributed by atoms with van der Waals surface area (Å²) in [5, 5.41) is 2.89. The zero-order valence-corrected chi connectivity index (χ0v) is 10.8. The Kier molecular flexibility index (Phi) is 3.90. The van der Waals surface area contributed by atoms with E-state index in [1.165, 1.54) is 6.07 Å². The van der Waals surface area contributed by atoms with E-state index in [-0.39, 0.29) is 5.76 Å². The van der Waals surface area contributed by atoms with E-state index in [1.807, 2.05) is 0 Å². The maximum Gasteiger partial charge on any atom is 0.374 e. The number of fused-ring (bicyclic) bond motifs is 1. The molecule has 0 bridgehead atoms. The number of hydrogen-bond donors (Lipinski definition) is 2. The minimum absolute atomic E-state index is 0.0749. The smallest absolute Gasteiger partial charge is 0.374 e. The first-order chi connectivity index (χ1) is 9.45. The predicted octanol–water partition coefficient (Wildman–Crippen LogP) is 1.44. The van der Waals surface area contributed by atoms with Gasteiger partial charge in [0.1, 0.15) is 5.58 Å². The predicted molar refractivity (Wildman–Crippen MR) is 69.2 cm³/mol. The van der Waals surface area contributed by atoms with E-state index < -0.39 is 24.5 Å². The van der Waals surface area contributed by atoms with Crippen LogP contribution in [0.1, 0.15) is 10.6 Å². The molecule has 1 heterocycles. The molecule has 0 aliphatic heterocycles. The summed E-state index contributed by atoms with van der Waals surface area (Å²) >= 11 is 5.80. The number of carbonyl (C=O) groups excluding carboxylic acids is 3. The summed E-state index contributed by atoms with van der Waals surface area (Å²) in [5.41, 5.74) is 5.19. The normalized spacial score (nSPS) is 10.2. The third kappa shape index (κ3) is 3.27. The molecule has 1 aromatic heterocycles. The van der Waals surface area contributed by atoms with Crippen molar-refractivity contribution >= 4 is 40.5 Å². The van der Waals surface area contributed by atoms with Crippen LogP contribution in [0.3, 0.4) is 0 Å². The largest absolute Gasteiger partial charge is 0.450 e. The lowest BCUT2D eigenvalue weighted by Gasteiger charge is -2.01. The molecule has 2 rings (SSSR count). The number of primary amides is 1. The van der Waals surface area contributed by atoms with Crippen LogP contribution in [0, 0.1) is 0 Å². The second kappa shape index (κ2) is 5.62. The third-order valence-corrected chi connectivity index (χ3v) is 2.51. The molecule has 3 N–H and O–H groups in total. The third-order valence-electron chi connectivity index (χ3n) is 2.28. The number of carbonyl (C=O) groups is 3. The fourth-order valence-electron chi connectivity index (χ4n) is 1.49. The molecule has 0 unspecified atom stereocenters. The minimum Gasteiger partial charge on any atom is -0.450 e. The van der Waals surface area contributed by atoms with E-state index in [4.69, 9.17) is 21.8 Å². The summed E-state index contributed by atoms with van der Waals surface area (Å²) < 4.78 is 9.91. The number of nitrogens with one attached hydrogen (secondary N) is 1. The van der Waals surface area contributed by atoms with Crippen molar-refractivity contribution < 1.29 is 23.5 Å². The number of rotatable bonds is 3. The molecular formula is C12H9ClN2O5. The molecule has 7 nitrogen and oxygen atoms in total. The zero-order chi connectivity index (χ0) is 14.7. The van der Waals surface area contributed by atoms with Gasteiger partial charge in [-0.05, 0) is 24.3 Å². The average Bonchev–Trinajstić information content (AvgIpc) is 2.78. The Labute approximate surface area is 117 Å². The summed E-state index contributed by atoms with van der Waals surface area (Å²) in [4.78, 5) is 33.1. The van der Waals surface area contributed by atoms with Gasteiger partial charge in [0, 0.05) is 10.4 Å². The molecule has 20 heavy (non-hydrogen) atoms. The monoisotopic (exact) mass is 296 g/mol. The van der Waals surface area contributed by atoms with Gasteiger partial charge in [-0.2, -0.15) is 0 Å². The van der Waals surface area contributed by atoms with Gasteiger partial charge in [0.15, 0.2) is 6.61 Å². The van der Waals surface area contributed by atoms with Crippen LogP contribution in [0.5, 0.6) is 0 Å². The van der Waals surface area contributed by atoms with Gasteiger partial charge < -0.3 is 14.9 Å². The van der Waals surface area contributed by atoms with E-state index >= 15 is 0 Å². The van der Waals surface area contributed by atoms with Gasteiger partial charge in [-0.15, -0.1) is 0 Å². The Balaban J connectivity index is 2.04. The van der Waals surface area contributed by atoms with E-state index in [0.717, 1.165) is 0 Å². The molecule has 0 atom stereocenters. The number of amides is 3. The van der Waals surface area contributed by atoms with Gasteiger partial charge in [-0.1, -0.05) is 11.6 Å². The van der Waals surface area contributed by atoms with Gasteiger partial charge in [-0.25, -0.2) is 9.59 Å². The number of benzene rings is 1. The summed E-state index contributed by atoms with van der Waals surface area (Å²) in [6.45, 7) is -0.639. The maximum atomic E-state index is 11.6. The number of hydrogen-bond acceptors (Lipinski definition) is 5. The van der Waals surface area contributed by atoms with E-state index in [0.29, 0.717) is 16.0 Å². The minimum atomic E-state index is -1.02. The highest BCUT2D eigenvalue weighted by Crippen LogP contribution is 2.23. The molecule has 0 saturated carbocycles. The highest BCUT2D eigenvalue weighted by molar-refractivity contribution is 6.31. The van der Waals surface area contributed by atoms with Crippen LogP contribution in [0.4, 0.5) is 4.79 Å². The zero-order valence-electron chi connectivity index (χ0n) is 10.0. The molecule has 0 aliphatic carbocycles. The molecule has 0 aliphatic rings. The lowest BCUT2D eigenvalue weighted by atomic mass is 10.2. The standard InChI is InChI=1S/C12H9ClN2O5/c13-7-1-2-8-6(3-7)4-9(20-8)11(17)19-5-10(16)15-12(14)18/h1-4H,5H2,(H3,14,15,16,18). The second-order valence-electron chi connectivity index (χ2n) is 3.78. The van der Waals surface area contributed by atoms with Crippen LogP contribution in [0.15, 0.2) is 28.7 Å². The number of halogens is 1. The molecule has 3 amide bonds. The quantitative estimate of drug-likeness (QED) is 0.832. The Hall–Kier alpha value is -2.54. The molecule has 8 heteroatoms. The van der Waals surface area contributed by atoms with Crippen molar-refractivity contribution in [1.82, 2.24) is 5.32 Å². The second-order valence-corrected chi connectivity index (χ2v) is 4.22. The fraction of sp³-hybridized carbons (Fsp3) is 0.0833. The molecule has 104 valence electrons. The van der Waals surface area contributed by atoms with Crippen LogP contribution in [0.25, 0.3) is 11.0 Å². The SMILES string of the molecule is NC(=O)NC(=O)COC(=O)c1cc2cc(Cl)ccc2o1. The molecule has 2 aromatic rings. The number of imide groups is 1. The van der Waals surface area contributed by atoms with Gasteiger partial charge >= 0.3 is 12.0 Å². The van der Waals surface area contributed by atoms with E-state index in [9.17, 15) is 14.4 Å². The highest BCUT2D eigenvalue weighted by atomic mass is 35.5. The first-order valence-corrected chi connectivity index (χ1v) is 5.79. The van der Waals surface area contributed by atoms with Crippen molar-refractivity contribution in [1.29, 1.82) is 0 Å². The van der Waals surface area contributed by atoms with Crippen LogP contribution in [0.2, 0.25) is 5.02 Å². The van der Waals surface area contributed by atoms with E-state index in [1.54, 1.807) is 23.5 Å². The Morgan fingerprint density at radius 1 is 1.30 bits per heavy atom. The summed E-state index contributed by atoms with van der Waals surface area (Å²) in [6.07, 6.45) is 0. The van der Waals surface area contributed by atoms with Crippen molar-refractivity contribution in [2.75, 3.05) is 6.61 Å². The molecule has 0 spiro atoms. The van der Waals surface area contributed by atoms with Gasteiger partial charge in [0.25, 0.3) is 5.91 Å². The van der Waals surface area contributed by atoms with Crippen LogP contribution >= 0.6 is 11.6 Å². The van der Waals surface area contributed by atoms with Gasteiger partial charge in [-0.3, -0.25) is 10.1 Å². The molecule has 0 saturated heterocycles. The highest BCUT2D eigenvalue weighted by Gasteiger charge is 2.16. The van der Waals surface area contributed by atoms with Crippen molar-refractivity contribution in [2.45, 2.75) is 0 Å². The Bertz CT molecular complexity index is 694. The van der Waals surface area contributed by atoms with Crippen molar-refractivity contribution in [3.63, 3.8) is 0 Å². The Morgan fingerprint density at radius 3 is 2.75 bits per heavy atom. The lowest BCUT2D eigenvalue weighted by Crippen LogP contribution is -2.37. The molecular weight excluding hydrogens is 288 g/mol. The van der Waals surface area contributed by atoms with Crippen molar-refractivity contribution in [3.05, 3.63) is 35.0 Å².